The van der Waals surface area contributed by atoms with Crippen LogP contribution in [0.4, 0.5) is 21.5 Å². The van der Waals surface area contributed by atoms with Crippen molar-refractivity contribution in [3.05, 3.63) is 89.7 Å². The Labute approximate surface area is 159 Å². The highest BCUT2D eigenvalue weighted by atomic mass is 32.3. The van der Waals surface area contributed by atoms with E-state index in [9.17, 15) is 13.5 Å². The molecular weight excluding hydrogens is 365 g/mol. The summed E-state index contributed by atoms with van der Waals surface area (Å²) in [5.74, 6) is -0.515. The molecule has 27 heavy (non-hydrogen) atoms. The van der Waals surface area contributed by atoms with Gasteiger partial charge in [0.15, 0.2) is 0 Å². The van der Waals surface area contributed by atoms with Crippen molar-refractivity contribution in [2.75, 3.05) is 8.61 Å². The van der Waals surface area contributed by atoms with E-state index in [4.69, 9.17) is 5.73 Å². The zero-order valence-corrected chi connectivity index (χ0v) is 15.3. The second kappa shape index (κ2) is 6.86. The maximum Gasteiger partial charge on any atom is 0.148 e. The number of para-hydroxylation sites is 3. The Hall–Kier alpha value is -2.58. The number of hydrogen-bond acceptors (Lipinski definition) is 5. The summed E-state index contributed by atoms with van der Waals surface area (Å²) in [5, 5.41) is 0. The molecule has 1 aliphatic heterocycles. The monoisotopic (exact) mass is 385 g/mol. The molecule has 0 amide bonds. The minimum Gasteiger partial charge on any atom is -0.326 e. The number of halogens is 1. The van der Waals surface area contributed by atoms with Crippen LogP contribution >= 0.6 is 11.0 Å². The van der Waals surface area contributed by atoms with Gasteiger partial charge < -0.3 is 5.73 Å². The third-order valence-electron chi connectivity index (χ3n) is 4.53. The molecule has 7 heteroatoms. The molecular formula is C20H20FN3O2S. The normalized spacial score (nSPS) is 16.3. The third-order valence-corrected chi connectivity index (χ3v) is 6.33. The van der Waals surface area contributed by atoms with Crippen LogP contribution in [0, 0.1) is 5.82 Å². The van der Waals surface area contributed by atoms with E-state index in [0.717, 1.165) is 11.1 Å². The van der Waals surface area contributed by atoms with Crippen molar-refractivity contribution in [1.29, 1.82) is 0 Å². The molecule has 4 rings (SSSR count). The van der Waals surface area contributed by atoms with Gasteiger partial charge in [0.25, 0.3) is 0 Å². The SMILES string of the molecule is NCc1cccc(CN2c3ccccc3N(c3ccccc3F)S2(O)O)c1. The molecule has 0 aliphatic carbocycles. The molecule has 0 aromatic heterocycles. The van der Waals surface area contributed by atoms with Crippen LogP contribution in [0.25, 0.3) is 0 Å². The van der Waals surface area contributed by atoms with Gasteiger partial charge in [-0.15, -0.1) is 0 Å². The van der Waals surface area contributed by atoms with Crippen molar-refractivity contribution in [2.45, 2.75) is 13.1 Å². The molecule has 1 aliphatic rings. The zero-order valence-electron chi connectivity index (χ0n) is 14.5. The quantitative estimate of drug-likeness (QED) is 0.588. The van der Waals surface area contributed by atoms with Gasteiger partial charge >= 0.3 is 0 Å². The Kier molecular flexibility index (Phi) is 4.53. The number of anilines is 3. The topological polar surface area (TPSA) is 73.0 Å². The fourth-order valence-corrected chi connectivity index (χ4v) is 5.05. The summed E-state index contributed by atoms with van der Waals surface area (Å²) >= 11 is 0. The summed E-state index contributed by atoms with van der Waals surface area (Å²) in [6, 6.07) is 20.9. The molecule has 0 atom stereocenters. The minimum atomic E-state index is -3.48. The summed E-state index contributed by atoms with van der Waals surface area (Å²) in [7, 11) is -3.48. The molecule has 0 radical (unpaired) electrons. The van der Waals surface area contributed by atoms with Crippen LogP contribution in [-0.4, -0.2) is 9.11 Å². The van der Waals surface area contributed by atoms with E-state index in [1.54, 1.807) is 36.4 Å². The second-order valence-electron chi connectivity index (χ2n) is 6.29. The summed E-state index contributed by atoms with van der Waals surface area (Å²) in [4.78, 5) is 0. The largest absolute Gasteiger partial charge is 0.326 e. The van der Waals surface area contributed by atoms with Crippen molar-refractivity contribution in [3.8, 4) is 0 Å². The first-order valence-electron chi connectivity index (χ1n) is 8.50. The maximum absolute atomic E-state index is 14.4. The van der Waals surface area contributed by atoms with Gasteiger partial charge in [-0.1, -0.05) is 48.5 Å². The maximum atomic E-state index is 14.4. The van der Waals surface area contributed by atoms with E-state index in [0.29, 0.717) is 17.9 Å². The van der Waals surface area contributed by atoms with Crippen LogP contribution in [-0.2, 0) is 13.1 Å². The van der Waals surface area contributed by atoms with Gasteiger partial charge in [-0.2, -0.15) is 0 Å². The standard InChI is InChI=1S/C20H20FN3O2S/c21-17-8-1-2-9-18(17)24-20-11-4-3-10-19(20)23(27(24,25)26)14-16-7-5-6-15(12-16)13-22/h1-12,25-26H,13-14,22H2. The third kappa shape index (κ3) is 3.04. The molecule has 3 aromatic rings. The highest BCUT2D eigenvalue weighted by molar-refractivity contribution is 8.27. The van der Waals surface area contributed by atoms with Gasteiger partial charge in [-0.05, 0) is 46.4 Å². The average Bonchev–Trinajstić information content (AvgIpc) is 2.89. The zero-order chi connectivity index (χ0) is 19.0. The van der Waals surface area contributed by atoms with Crippen molar-refractivity contribution in [2.24, 2.45) is 5.73 Å². The van der Waals surface area contributed by atoms with Crippen molar-refractivity contribution >= 4 is 28.0 Å². The Morgan fingerprint density at radius 2 is 1.44 bits per heavy atom. The van der Waals surface area contributed by atoms with Crippen molar-refractivity contribution < 1.29 is 13.5 Å². The van der Waals surface area contributed by atoms with Gasteiger partial charge in [-0.3, -0.25) is 9.11 Å². The van der Waals surface area contributed by atoms with Crippen molar-refractivity contribution in [3.63, 3.8) is 0 Å². The average molecular weight is 385 g/mol. The summed E-state index contributed by atoms with van der Waals surface area (Å²) in [6.07, 6.45) is 0. The highest BCUT2D eigenvalue weighted by Crippen LogP contribution is 2.64. The Morgan fingerprint density at radius 1 is 0.815 bits per heavy atom. The lowest BCUT2D eigenvalue weighted by Gasteiger charge is -2.43. The van der Waals surface area contributed by atoms with Gasteiger partial charge in [0, 0.05) is 6.54 Å². The van der Waals surface area contributed by atoms with Gasteiger partial charge in [0.2, 0.25) is 0 Å². The predicted molar refractivity (Wildman–Crippen MR) is 108 cm³/mol. The lowest BCUT2D eigenvalue weighted by atomic mass is 10.1. The fraction of sp³-hybridized carbons (Fsp3) is 0.100. The number of rotatable bonds is 4. The number of nitrogens with two attached hydrogens (primary N) is 1. The first-order valence-corrected chi connectivity index (χ1v) is 9.96. The molecule has 140 valence electrons. The van der Waals surface area contributed by atoms with Crippen LogP contribution in [0.2, 0.25) is 0 Å². The van der Waals surface area contributed by atoms with E-state index >= 15 is 0 Å². The Morgan fingerprint density at radius 3 is 2.15 bits per heavy atom. The molecule has 4 N–H and O–H groups in total. The van der Waals surface area contributed by atoms with Crippen LogP contribution in [0.1, 0.15) is 11.1 Å². The smallest absolute Gasteiger partial charge is 0.148 e. The molecule has 5 nitrogen and oxygen atoms in total. The molecule has 0 saturated heterocycles. The van der Waals surface area contributed by atoms with Gasteiger partial charge in [0.1, 0.15) is 11.5 Å². The minimum absolute atomic E-state index is 0.128. The molecule has 0 saturated carbocycles. The van der Waals surface area contributed by atoms with E-state index < -0.39 is 16.8 Å². The Bertz CT molecular complexity index is 983. The van der Waals surface area contributed by atoms with E-state index in [1.807, 2.05) is 30.3 Å². The number of fused-ring (bicyclic) bond motifs is 1. The molecule has 0 bridgehead atoms. The molecule has 0 unspecified atom stereocenters. The van der Waals surface area contributed by atoms with Crippen LogP contribution in [0.15, 0.2) is 72.8 Å². The number of hydrogen-bond donors (Lipinski definition) is 3. The Balaban J connectivity index is 1.80. The van der Waals surface area contributed by atoms with Crippen LogP contribution in [0.3, 0.4) is 0 Å². The van der Waals surface area contributed by atoms with Crippen molar-refractivity contribution in [1.82, 2.24) is 0 Å². The first kappa shape index (κ1) is 17.8. The van der Waals surface area contributed by atoms with Gasteiger partial charge in [-0.25, -0.2) is 13.0 Å². The van der Waals surface area contributed by atoms with Gasteiger partial charge in [0.05, 0.1) is 17.9 Å². The summed E-state index contributed by atoms with van der Waals surface area (Å²) < 4.78 is 39.4. The molecule has 0 spiro atoms. The predicted octanol–water partition coefficient (Wildman–Crippen LogP) is 5.02. The summed E-state index contributed by atoms with van der Waals surface area (Å²) in [5.41, 5.74) is 8.89. The van der Waals surface area contributed by atoms with E-state index in [2.05, 4.69) is 0 Å². The highest BCUT2D eigenvalue weighted by Gasteiger charge is 2.42. The number of nitrogens with zero attached hydrogens (tertiary/aromatic N) is 2. The van der Waals surface area contributed by atoms with E-state index in [1.165, 1.54) is 14.7 Å². The molecule has 0 fully saturated rings. The van der Waals surface area contributed by atoms with E-state index in [-0.39, 0.29) is 12.2 Å². The lowest BCUT2D eigenvalue weighted by Crippen LogP contribution is -2.31. The summed E-state index contributed by atoms with van der Waals surface area (Å²) in [6.45, 7) is 0.667. The molecule has 3 aromatic carbocycles. The first-order chi connectivity index (χ1) is 13.0. The van der Waals surface area contributed by atoms with Crippen LogP contribution < -0.4 is 14.3 Å². The number of benzene rings is 3. The van der Waals surface area contributed by atoms with Crippen LogP contribution in [0.5, 0.6) is 0 Å². The fourth-order valence-electron chi connectivity index (χ4n) is 3.28. The molecule has 1 heterocycles. The second-order valence-corrected chi connectivity index (χ2v) is 8.07. The lowest BCUT2D eigenvalue weighted by molar-refractivity contribution is 0.483.